The zero-order valence-corrected chi connectivity index (χ0v) is 14.5. The highest BCUT2D eigenvalue weighted by Crippen LogP contribution is 2.11. The predicted octanol–water partition coefficient (Wildman–Crippen LogP) is 2.31. The maximum Gasteiger partial charge on any atom is 0.312 e. The topological polar surface area (TPSA) is 84.7 Å². The van der Waals surface area contributed by atoms with Crippen molar-refractivity contribution in [3.63, 3.8) is 0 Å². The van der Waals surface area contributed by atoms with Gasteiger partial charge in [0.1, 0.15) is 12.4 Å². The molecule has 0 aromatic heterocycles. The van der Waals surface area contributed by atoms with Crippen LogP contribution in [-0.4, -0.2) is 37.0 Å². The van der Waals surface area contributed by atoms with Crippen molar-refractivity contribution < 1.29 is 14.3 Å². The first-order valence-corrected chi connectivity index (χ1v) is 8.03. The van der Waals surface area contributed by atoms with Gasteiger partial charge in [-0.25, -0.2) is 4.79 Å². The van der Waals surface area contributed by atoms with Crippen molar-refractivity contribution in [2.24, 2.45) is 5.73 Å². The van der Waals surface area contributed by atoms with Crippen molar-refractivity contribution >= 4 is 11.9 Å². The molecule has 0 aliphatic heterocycles. The number of carbonyl (C=O) groups is 2. The van der Waals surface area contributed by atoms with E-state index in [9.17, 15) is 9.59 Å². The number of primary amides is 1. The minimum atomic E-state index is -0.575. The average molecular weight is 341 g/mol. The zero-order valence-electron chi connectivity index (χ0n) is 14.5. The quantitative estimate of drug-likeness (QED) is 0.810. The first-order valence-electron chi connectivity index (χ1n) is 8.03. The molecule has 0 saturated carbocycles. The molecule has 3 amide bonds. The molecule has 25 heavy (non-hydrogen) atoms. The minimum Gasteiger partial charge on any atom is -0.492 e. The third-order valence-electron chi connectivity index (χ3n) is 3.73. The van der Waals surface area contributed by atoms with Gasteiger partial charge in [-0.3, -0.25) is 4.79 Å². The number of amides is 3. The maximum atomic E-state index is 12.4. The molecule has 6 heteroatoms. The molecule has 0 aliphatic carbocycles. The van der Waals surface area contributed by atoms with Crippen LogP contribution < -0.4 is 15.8 Å². The molecule has 2 aromatic rings. The van der Waals surface area contributed by atoms with E-state index in [4.69, 9.17) is 10.5 Å². The van der Waals surface area contributed by atoms with E-state index in [1.807, 2.05) is 31.2 Å². The van der Waals surface area contributed by atoms with Crippen LogP contribution in [-0.2, 0) is 6.54 Å². The number of hydrogen-bond donors (Lipinski definition) is 2. The molecule has 0 heterocycles. The average Bonchev–Trinajstić information content (AvgIpc) is 2.61. The third kappa shape index (κ3) is 5.84. The Balaban J connectivity index is 1.82. The summed E-state index contributed by atoms with van der Waals surface area (Å²) in [6.07, 6.45) is 0. The predicted molar refractivity (Wildman–Crippen MR) is 96.5 cm³/mol. The number of rotatable bonds is 7. The third-order valence-corrected chi connectivity index (χ3v) is 3.73. The molecule has 132 valence electrons. The van der Waals surface area contributed by atoms with Crippen LogP contribution in [0.1, 0.15) is 21.5 Å². The van der Waals surface area contributed by atoms with Gasteiger partial charge in [0.15, 0.2) is 0 Å². The van der Waals surface area contributed by atoms with Crippen molar-refractivity contribution in [3.05, 3.63) is 65.2 Å². The van der Waals surface area contributed by atoms with Gasteiger partial charge in [0, 0.05) is 19.2 Å². The number of nitrogens with zero attached hydrogens (tertiary/aromatic N) is 1. The minimum absolute atomic E-state index is 0.0816. The molecule has 0 fully saturated rings. The molecule has 2 aromatic carbocycles. The molecule has 0 bridgehead atoms. The lowest BCUT2D eigenvalue weighted by Crippen LogP contribution is -2.31. The van der Waals surface area contributed by atoms with Gasteiger partial charge >= 0.3 is 6.03 Å². The van der Waals surface area contributed by atoms with Gasteiger partial charge in [-0.15, -0.1) is 0 Å². The van der Waals surface area contributed by atoms with Gasteiger partial charge in [0.2, 0.25) is 0 Å². The zero-order chi connectivity index (χ0) is 18.2. The highest BCUT2D eigenvalue weighted by atomic mass is 16.5. The van der Waals surface area contributed by atoms with Crippen LogP contribution >= 0.6 is 0 Å². The Bertz CT molecular complexity index is 712. The van der Waals surface area contributed by atoms with Crippen molar-refractivity contribution in [1.29, 1.82) is 0 Å². The molecule has 6 nitrogen and oxygen atoms in total. The molecular weight excluding hydrogens is 318 g/mol. The van der Waals surface area contributed by atoms with E-state index < -0.39 is 6.03 Å². The lowest BCUT2D eigenvalue weighted by molar-refractivity contribution is 0.0773. The summed E-state index contributed by atoms with van der Waals surface area (Å²) in [5.74, 6) is 0.708. The number of urea groups is 1. The molecule has 0 radical (unpaired) electrons. The summed E-state index contributed by atoms with van der Waals surface area (Å²) < 4.78 is 5.65. The molecule has 0 saturated heterocycles. The van der Waals surface area contributed by atoms with Crippen LogP contribution in [0.25, 0.3) is 0 Å². The Labute approximate surface area is 147 Å². The second kappa shape index (κ2) is 8.73. The summed E-state index contributed by atoms with van der Waals surface area (Å²) in [4.78, 5) is 24.7. The fourth-order valence-corrected chi connectivity index (χ4v) is 2.21. The van der Waals surface area contributed by atoms with Crippen LogP contribution in [0.2, 0.25) is 0 Å². The van der Waals surface area contributed by atoms with E-state index in [-0.39, 0.29) is 5.91 Å². The Morgan fingerprint density at radius 1 is 1.08 bits per heavy atom. The normalized spacial score (nSPS) is 10.2. The van der Waals surface area contributed by atoms with Gasteiger partial charge in [-0.05, 0) is 36.8 Å². The molecule has 0 aliphatic rings. The number of hydrogen-bond acceptors (Lipinski definition) is 3. The van der Waals surface area contributed by atoms with Crippen LogP contribution in [0.4, 0.5) is 4.79 Å². The van der Waals surface area contributed by atoms with Crippen LogP contribution in [0, 0.1) is 6.92 Å². The Hall–Kier alpha value is -3.02. The highest BCUT2D eigenvalue weighted by Gasteiger charge is 2.11. The Kier molecular flexibility index (Phi) is 6.39. The number of benzene rings is 2. The smallest absolute Gasteiger partial charge is 0.312 e. The van der Waals surface area contributed by atoms with E-state index in [0.717, 1.165) is 11.3 Å². The van der Waals surface area contributed by atoms with Crippen LogP contribution in [0.15, 0.2) is 48.5 Å². The Morgan fingerprint density at radius 3 is 2.32 bits per heavy atom. The van der Waals surface area contributed by atoms with E-state index in [1.165, 1.54) is 5.56 Å². The maximum absolute atomic E-state index is 12.4. The lowest BCUT2D eigenvalue weighted by atomic mass is 10.1. The van der Waals surface area contributed by atoms with Gasteiger partial charge in [-0.2, -0.15) is 0 Å². The SMILES string of the molecule is Cc1ccc(OCCN(C)C(=O)c2ccc(CNC(N)=O)cc2)cc1. The molecule has 2 rings (SSSR count). The summed E-state index contributed by atoms with van der Waals surface area (Å²) in [6, 6.07) is 14.3. The number of nitrogens with two attached hydrogens (primary N) is 1. The van der Waals surface area contributed by atoms with Crippen LogP contribution in [0.3, 0.4) is 0 Å². The summed E-state index contributed by atoms with van der Waals surface area (Å²) in [5.41, 5.74) is 7.67. The summed E-state index contributed by atoms with van der Waals surface area (Å²) in [6.45, 7) is 3.26. The molecule has 0 spiro atoms. The van der Waals surface area contributed by atoms with Crippen molar-refractivity contribution in [1.82, 2.24) is 10.2 Å². The largest absolute Gasteiger partial charge is 0.492 e. The van der Waals surface area contributed by atoms with Gasteiger partial charge in [-0.1, -0.05) is 29.8 Å². The molecule has 0 atom stereocenters. The van der Waals surface area contributed by atoms with Crippen molar-refractivity contribution in [2.75, 3.05) is 20.2 Å². The fourth-order valence-electron chi connectivity index (χ4n) is 2.21. The van der Waals surface area contributed by atoms with Crippen LogP contribution in [0.5, 0.6) is 5.75 Å². The molecular formula is C19H23N3O3. The van der Waals surface area contributed by atoms with E-state index in [0.29, 0.717) is 25.3 Å². The summed E-state index contributed by atoms with van der Waals surface area (Å²) in [7, 11) is 1.74. The number of carbonyl (C=O) groups excluding carboxylic acids is 2. The van der Waals surface area contributed by atoms with Crippen molar-refractivity contribution in [2.45, 2.75) is 13.5 Å². The molecule has 0 unspecified atom stereocenters. The number of ether oxygens (including phenoxy) is 1. The van der Waals surface area contributed by atoms with E-state index in [2.05, 4.69) is 5.32 Å². The first-order chi connectivity index (χ1) is 12.0. The van der Waals surface area contributed by atoms with Gasteiger partial charge in [0.05, 0.1) is 6.54 Å². The van der Waals surface area contributed by atoms with Gasteiger partial charge in [0.25, 0.3) is 5.91 Å². The number of likely N-dealkylation sites (N-methyl/N-ethyl adjacent to an activating group) is 1. The standard InChI is InChI=1S/C19H23N3O3/c1-14-3-9-17(10-4-14)25-12-11-22(2)18(23)16-7-5-15(6-8-16)13-21-19(20)24/h3-10H,11-13H2,1-2H3,(H3,20,21,24). The lowest BCUT2D eigenvalue weighted by Gasteiger charge is -2.18. The summed E-state index contributed by atoms with van der Waals surface area (Å²) in [5, 5.41) is 2.51. The first kappa shape index (κ1) is 18.3. The second-order valence-electron chi connectivity index (χ2n) is 5.80. The van der Waals surface area contributed by atoms with E-state index in [1.54, 1.807) is 36.2 Å². The van der Waals surface area contributed by atoms with E-state index >= 15 is 0 Å². The fraction of sp³-hybridized carbons (Fsp3) is 0.263. The highest BCUT2D eigenvalue weighted by molar-refractivity contribution is 5.94. The van der Waals surface area contributed by atoms with Crippen molar-refractivity contribution in [3.8, 4) is 5.75 Å². The monoisotopic (exact) mass is 341 g/mol. The van der Waals surface area contributed by atoms with Gasteiger partial charge < -0.3 is 20.7 Å². The summed E-state index contributed by atoms with van der Waals surface area (Å²) >= 11 is 0. The second-order valence-corrected chi connectivity index (χ2v) is 5.80. The Morgan fingerprint density at radius 2 is 1.72 bits per heavy atom. The number of aryl methyl sites for hydroxylation is 1. The molecule has 3 N–H and O–H groups in total. The number of nitrogens with one attached hydrogen (secondary N) is 1.